The normalized spacial score (nSPS) is 10.6. The Balaban J connectivity index is 2.84. The van der Waals surface area contributed by atoms with Crippen LogP contribution in [-0.2, 0) is 7.05 Å². The van der Waals surface area contributed by atoms with Gasteiger partial charge in [-0.15, -0.1) is 0 Å². The largest absolute Gasteiger partial charge is 0.341 e. The molecule has 1 aromatic heterocycles. The van der Waals surface area contributed by atoms with Crippen LogP contribution in [0.3, 0.4) is 0 Å². The van der Waals surface area contributed by atoms with Crippen molar-refractivity contribution in [2.24, 2.45) is 7.05 Å². The quantitative estimate of drug-likeness (QED) is 0.606. The van der Waals surface area contributed by atoms with Gasteiger partial charge in [0.15, 0.2) is 6.29 Å². The standard InChI is InChI=1S/C11H11NO/c1-8-3-4-9-6-10(7-13)12(2)11(9)5-8/h3-7H,1-2H3. The van der Waals surface area contributed by atoms with Gasteiger partial charge in [-0.2, -0.15) is 0 Å². The molecule has 0 bridgehead atoms. The predicted molar refractivity (Wildman–Crippen MR) is 53.0 cm³/mol. The Bertz CT molecular complexity index is 468. The van der Waals surface area contributed by atoms with E-state index in [9.17, 15) is 4.79 Å². The molecule has 0 spiro atoms. The van der Waals surface area contributed by atoms with E-state index < -0.39 is 0 Å². The number of aryl methyl sites for hydroxylation is 2. The summed E-state index contributed by atoms with van der Waals surface area (Å²) in [6.07, 6.45) is 0.884. The lowest BCUT2D eigenvalue weighted by Crippen LogP contribution is -1.93. The zero-order chi connectivity index (χ0) is 9.42. The summed E-state index contributed by atoms with van der Waals surface area (Å²) in [7, 11) is 1.91. The van der Waals surface area contributed by atoms with Crippen LogP contribution in [0.15, 0.2) is 24.3 Å². The van der Waals surface area contributed by atoms with Crippen molar-refractivity contribution in [1.29, 1.82) is 0 Å². The van der Waals surface area contributed by atoms with Gasteiger partial charge < -0.3 is 4.57 Å². The van der Waals surface area contributed by atoms with Crippen LogP contribution >= 0.6 is 0 Å². The fraction of sp³-hybridized carbons (Fsp3) is 0.182. The lowest BCUT2D eigenvalue weighted by Gasteiger charge is -1.98. The summed E-state index contributed by atoms with van der Waals surface area (Å²) in [6.45, 7) is 2.05. The maximum absolute atomic E-state index is 10.7. The Hall–Kier alpha value is -1.57. The van der Waals surface area contributed by atoms with E-state index in [0.29, 0.717) is 0 Å². The molecule has 2 heteroatoms. The Morgan fingerprint density at radius 2 is 2.08 bits per heavy atom. The first-order valence-corrected chi connectivity index (χ1v) is 4.23. The summed E-state index contributed by atoms with van der Waals surface area (Å²) in [5.74, 6) is 0. The number of benzene rings is 1. The molecule has 1 heterocycles. The Labute approximate surface area is 76.8 Å². The number of rotatable bonds is 1. The molecule has 0 aliphatic carbocycles. The first kappa shape index (κ1) is 8.05. The molecule has 0 saturated heterocycles. The van der Waals surface area contributed by atoms with Gasteiger partial charge in [-0.05, 0) is 24.6 Å². The summed E-state index contributed by atoms with van der Waals surface area (Å²) in [6, 6.07) is 8.08. The number of aromatic nitrogens is 1. The average Bonchev–Trinajstić information content (AvgIpc) is 2.44. The molecule has 2 aromatic rings. The van der Waals surface area contributed by atoms with Crippen molar-refractivity contribution in [3.63, 3.8) is 0 Å². The van der Waals surface area contributed by atoms with E-state index in [1.165, 1.54) is 5.56 Å². The van der Waals surface area contributed by atoms with E-state index in [1.807, 2.05) is 30.7 Å². The van der Waals surface area contributed by atoms with E-state index in [0.717, 1.165) is 22.9 Å². The third-order valence-electron chi connectivity index (χ3n) is 2.36. The number of fused-ring (bicyclic) bond motifs is 1. The lowest BCUT2D eigenvalue weighted by molar-refractivity contribution is 0.111. The molecule has 0 saturated carbocycles. The Morgan fingerprint density at radius 3 is 2.77 bits per heavy atom. The van der Waals surface area contributed by atoms with Crippen molar-refractivity contribution in [1.82, 2.24) is 4.57 Å². The monoisotopic (exact) mass is 173 g/mol. The van der Waals surface area contributed by atoms with Gasteiger partial charge in [-0.25, -0.2) is 0 Å². The maximum atomic E-state index is 10.7. The highest BCUT2D eigenvalue weighted by molar-refractivity contribution is 5.89. The van der Waals surface area contributed by atoms with Gasteiger partial charge in [0.25, 0.3) is 0 Å². The van der Waals surface area contributed by atoms with Crippen molar-refractivity contribution >= 4 is 17.2 Å². The fourth-order valence-electron chi connectivity index (χ4n) is 1.57. The van der Waals surface area contributed by atoms with Gasteiger partial charge in [0.05, 0.1) is 5.69 Å². The van der Waals surface area contributed by atoms with Crippen molar-refractivity contribution < 1.29 is 4.79 Å². The molecule has 0 N–H and O–H groups in total. The number of hydrogen-bond donors (Lipinski definition) is 0. The zero-order valence-corrected chi connectivity index (χ0v) is 7.74. The van der Waals surface area contributed by atoms with Gasteiger partial charge in [0.2, 0.25) is 0 Å². The van der Waals surface area contributed by atoms with Crippen molar-refractivity contribution in [2.75, 3.05) is 0 Å². The smallest absolute Gasteiger partial charge is 0.166 e. The second-order valence-electron chi connectivity index (χ2n) is 3.31. The van der Waals surface area contributed by atoms with Crippen LogP contribution in [0.25, 0.3) is 10.9 Å². The highest BCUT2D eigenvalue weighted by atomic mass is 16.1. The molecule has 66 valence electrons. The number of hydrogen-bond acceptors (Lipinski definition) is 1. The molecule has 1 aromatic carbocycles. The molecule has 2 rings (SSSR count). The van der Waals surface area contributed by atoms with Crippen LogP contribution < -0.4 is 0 Å². The SMILES string of the molecule is Cc1ccc2cc(C=O)n(C)c2c1. The second kappa shape index (κ2) is 2.73. The summed E-state index contributed by atoms with van der Waals surface area (Å²) < 4.78 is 1.91. The third kappa shape index (κ3) is 1.15. The third-order valence-corrected chi connectivity index (χ3v) is 2.36. The topological polar surface area (TPSA) is 22.0 Å². The molecule has 13 heavy (non-hydrogen) atoms. The number of nitrogens with zero attached hydrogens (tertiary/aromatic N) is 1. The predicted octanol–water partition coefficient (Wildman–Crippen LogP) is 2.30. The van der Waals surface area contributed by atoms with Crippen LogP contribution in [0.2, 0.25) is 0 Å². The Morgan fingerprint density at radius 1 is 1.31 bits per heavy atom. The van der Waals surface area contributed by atoms with Crippen molar-refractivity contribution in [3.05, 3.63) is 35.5 Å². The number of carbonyl (C=O) groups excluding carboxylic acids is 1. The van der Waals surface area contributed by atoms with E-state index in [1.54, 1.807) is 0 Å². The fourth-order valence-corrected chi connectivity index (χ4v) is 1.57. The first-order chi connectivity index (χ1) is 6.22. The van der Waals surface area contributed by atoms with Crippen LogP contribution in [0, 0.1) is 6.92 Å². The summed E-state index contributed by atoms with van der Waals surface area (Å²) in [4.78, 5) is 10.7. The maximum Gasteiger partial charge on any atom is 0.166 e. The van der Waals surface area contributed by atoms with E-state index in [-0.39, 0.29) is 0 Å². The van der Waals surface area contributed by atoms with Crippen molar-refractivity contribution in [2.45, 2.75) is 6.92 Å². The van der Waals surface area contributed by atoms with E-state index in [4.69, 9.17) is 0 Å². The molecule has 0 aliphatic rings. The van der Waals surface area contributed by atoms with Gasteiger partial charge >= 0.3 is 0 Å². The average molecular weight is 173 g/mol. The van der Waals surface area contributed by atoms with Crippen LogP contribution in [-0.4, -0.2) is 10.9 Å². The van der Waals surface area contributed by atoms with Crippen LogP contribution in [0.5, 0.6) is 0 Å². The Kier molecular flexibility index (Phi) is 1.69. The molecule has 0 radical (unpaired) electrons. The molecule has 2 nitrogen and oxygen atoms in total. The van der Waals surface area contributed by atoms with Crippen LogP contribution in [0.4, 0.5) is 0 Å². The zero-order valence-electron chi connectivity index (χ0n) is 7.74. The minimum Gasteiger partial charge on any atom is -0.341 e. The van der Waals surface area contributed by atoms with Gasteiger partial charge in [-0.3, -0.25) is 4.79 Å². The molecule has 0 aliphatic heterocycles. The second-order valence-corrected chi connectivity index (χ2v) is 3.31. The highest BCUT2D eigenvalue weighted by Gasteiger charge is 2.03. The van der Waals surface area contributed by atoms with Crippen LogP contribution in [0.1, 0.15) is 16.1 Å². The summed E-state index contributed by atoms with van der Waals surface area (Å²) in [5, 5.41) is 1.12. The number of aldehydes is 1. The molecular weight excluding hydrogens is 162 g/mol. The molecule has 0 atom stereocenters. The van der Waals surface area contributed by atoms with Gasteiger partial charge in [-0.1, -0.05) is 12.1 Å². The van der Waals surface area contributed by atoms with Crippen molar-refractivity contribution in [3.8, 4) is 0 Å². The van der Waals surface area contributed by atoms with Gasteiger partial charge in [0.1, 0.15) is 0 Å². The number of carbonyl (C=O) groups is 1. The summed E-state index contributed by atoms with van der Waals surface area (Å²) >= 11 is 0. The minimum absolute atomic E-state index is 0.723. The molecule has 0 fully saturated rings. The molecular formula is C11H11NO. The summed E-state index contributed by atoms with van der Waals surface area (Å²) in [5.41, 5.74) is 3.05. The van der Waals surface area contributed by atoms with Gasteiger partial charge in [0, 0.05) is 18.0 Å². The minimum atomic E-state index is 0.723. The highest BCUT2D eigenvalue weighted by Crippen LogP contribution is 2.18. The first-order valence-electron chi connectivity index (χ1n) is 4.23. The molecule has 0 amide bonds. The van der Waals surface area contributed by atoms with E-state index >= 15 is 0 Å². The lowest BCUT2D eigenvalue weighted by atomic mass is 10.2. The molecule has 0 unspecified atom stereocenters. The van der Waals surface area contributed by atoms with E-state index in [2.05, 4.69) is 12.1 Å².